The molecule has 152 valence electrons. The smallest absolute Gasteiger partial charge is 0.331 e. The SMILES string of the molecule is COC1OCC2(O)C(Cl)CCC3C(C)(CCC4=CC(=O)OC4)C(C)CCC132. The van der Waals surface area contributed by atoms with Crippen LogP contribution >= 0.6 is 11.6 Å². The average molecular weight is 399 g/mol. The van der Waals surface area contributed by atoms with Crippen LogP contribution in [0.5, 0.6) is 0 Å². The molecule has 2 aliphatic carbocycles. The zero-order valence-corrected chi connectivity index (χ0v) is 17.3. The number of hydrogen-bond acceptors (Lipinski definition) is 5. The molecule has 2 saturated carbocycles. The Bertz CT molecular complexity index is 650. The Labute approximate surface area is 166 Å². The molecule has 0 bridgehead atoms. The second-order valence-corrected chi connectivity index (χ2v) is 9.82. The molecule has 1 spiro atoms. The summed E-state index contributed by atoms with van der Waals surface area (Å²) in [5, 5.41) is 11.4. The number of aliphatic hydroxyl groups is 1. The Morgan fingerprint density at radius 1 is 1.37 bits per heavy atom. The van der Waals surface area contributed by atoms with Gasteiger partial charge in [-0.2, -0.15) is 0 Å². The summed E-state index contributed by atoms with van der Waals surface area (Å²) in [6.07, 6.45) is 6.66. The van der Waals surface area contributed by atoms with Crippen molar-refractivity contribution in [3.05, 3.63) is 11.6 Å². The maximum atomic E-state index is 11.7. The van der Waals surface area contributed by atoms with Crippen molar-refractivity contribution in [2.75, 3.05) is 20.3 Å². The maximum Gasteiger partial charge on any atom is 0.331 e. The Kier molecular flexibility index (Phi) is 4.90. The van der Waals surface area contributed by atoms with Crippen LogP contribution in [0.4, 0.5) is 0 Å². The Morgan fingerprint density at radius 3 is 2.81 bits per heavy atom. The molecule has 6 heteroatoms. The topological polar surface area (TPSA) is 65.0 Å². The minimum absolute atomic E-state index is 0.0141. The van der Waals surface area contributed by atoms with Gasteiger partial charge in [-0.25, -0.2) is 4.79 Å². The van der Waals surface area contributed by atoms with E-state index in [2.05, 4.69) is 13.8 Å². The lowest BCUT2D eigenvalue weighted by Crippen LogP contribution is -2.68. The van der Waals surface area contributed by atoms with E-state index in [0.29, 0.717) is 12.5 Å². The molecule has 4 rings (SSSR count). The third-order valence-corrected chi connectivity index (χ3v) is 8.94. The van der Waals surface area contributed by atoms with Gasteiger partial charge in [0.2, 0.25) is 0 Å². The highest BCUT2D eigenvalue weighted by molar-refractivity contribution is 6.21. The van der Waals surface area contributed by atoms with E-state index in [9.17, 15) is 9.90 Å². The molecular formula is C21H31ClO5. The largest absolute Gasteiger partial charge is 0.458 e. The summed E-state index contributed by atoms with van der Waals surface area (Å²) in [7, 11) is 1.67. The van der Waals surface area contributed by atoms with Crippen molar-refractivity contribution >= 4 is 17.6 Å². The van der Waals surface area contributed by atoms with E-state index in [4.69, 9.17) is 25.8 Å². The second-order valence-electron chi connectivity index (χ2n) is 9.30. The normalized spacial score (nSPS) is 49.4. The average Bonchev–Trinajstić information content (AvgIpc) is 3.19. The molecule has 4 aliphatic rings. The van der Waals surface area contributed by atoms with Crippen molar-refractivity contribution in [1.82, 2.24) is 0 Å². The molecule has 0 aromatic rings. The van der Waals surface area contributed by atoms with Crippen LogP contribution in [0.3, 0.4) is 0 Å². The van der Waals surface area contributed by atoms with Crippen molar-refractivity contribution in [2.24, 2.45) is 22.7 Å². The van der Waals surface area contributed by atoms with Crippen molar-refractivity contribution in [3.63, 3.8) is 0 Å². The number of halogens is 1. The third kappa shape index (κ3) is 2.65. The molecule has 5 nitrogen and oxygen atoms in total. The lowest BCUT2D eigenvalue weighted by molar-refractivity contribution is -0.242. The zero-order valence-electron chi connectivity index (χ0n) is 16.5. The predicted octanol–water partition coefficient (Wildman–Crippen LogP) is 3.42. The van der Waals surface area contributed by atoms with Crippen LogP contribution < -0.4 is 0 Å². The predicted molar refractivity (Wildman–Crippen MR) is 101 cm³/mol. The van der Waals surface area contributed by atoms with Crippen LogP contribution in [-0.4, -0.2) is 48.7 Å². The van der Waals surface area contributed by atoms with E-state index < -0.39 is 17.3 Å². The molecular weight excluding hydrogens is 368 g/mol. The zero-order chi connectivity index (χ0) is 19.4. The van der Waals surface area contributed by atoms with Crippen LogP contribution in [0.25, 0.3) is 0 Å². The van der Waals surface area contributed by atoms with E-state index >= 15 is 0 Å². The summed E-state index contributed by atoms with van der Waals surface area (Å²) in [5.41, 5.74) is -0.435. The van der Waals surface area contributed by atoms with Gasteiger partial charge < -0.3 is 19.3 Å². The number of carbonyl (C=O) groups is 1. The molecule has 0 aromatic heterocycles. The molecule has 1 N–H and O–H groups in total. The van der Waals surface area contributed by atoms with E-state index in [0.717, 1.165) is 44.1 Å². The van der Waals surface area contributed by atoms with Gasteiger partial charge in [-0.05, 0) is 61.3 Å². The van der Waals surface area contributed by atoms with Gasteiger partial charge in [0.25, 0.3) is 0 Å². The van der Waals surface area contributed by atoms with Crippen LogP contribution in [-0.2, 0) is 19.0 Å². The van der Waals surface area contributed by atoms with Crippen molar-refractivity contribution in [3.8, 4) is 0 Å². The van der Waals surface area contributed by atoms with Gasteiger partial charge in [0, 0.05) is 13.2 Å². The Balaban J connectivity index is 1.68. The monoisotopic (exact) mass is 398 g/mol. The van der Waals surface area contributed by atoms with Crippen molar-refractivity contribution < 1.29 is 24.1 Å². The fraction of sp³-hybridized carbons (Fsp3) is 0.857. The van der Waals surface area contributed by atoms with Crippen molar-refractivity contribution in [1.29, 1.82) is 0 Å². The lowest BCUT2D eigenvalue weighted by Gasteiger charge is -2.63. The summed E-state index contributed by atoms with van der Waals surface area (Å²) < 4.78 is 16.8. The molecule has 2 aliphatic heterocycles. The van der Waals surface area contributed by atoms with E-state index in [1.165, 1.54) is 0 Å². The molecule has 0 aromatic carbocycles. The molecule has 27 heavy (non-hydrogen) atoms. The van der Waals surface area contributed by atoms with Crippen LogP contribution in [0.15, 0.2) is 11.6 Å². The first-order chi connectivity index (χ1) is 12.8. The minimum atomic E-state index is -1.05. The summed E-state index contributed by atoms with van der Waals surface area (Å²) in [6, 6.07) is 0. The number of carbonyl (C=O) groups excluding carboxylic acids is 1. The summed E-state index contributed by atoms with van der Waals surface area (Å²) in [6.45, 7) is 5.33. The van der Waals surface area contributed by atoms with Gasteiger partial charge in [-0.1, -0.05) is 13.8 Å². The molecule has 1 saturated heterocycles. The van der Waals surface area contributed by atoms with Gasteiger partial charge in [0.05, 0.1) is 17.4 Å². The fourth-order valence-corrected chi connectivity index (χ4v) is 6.98. The van der Waals surface area contributed by atoms with Gasteiger partial charge >= 0.3 is 5.97 Å². The van der Waals surface area contributed by atoms with Crippen LogP contribution in [0.2, 0.25) is 0 Å². The van der Waals surface area contributed by atoms with Gasteiger partial charge in [-0.3, -0.25) is 0 Å². The number of cyclic esters (lactones) is 1. The first kappa shape index (κ1) is 19.7. The molecule has 7 atom stereocenters. The van der Waals surface area contributed by atoms with Crippen LogP contribution in [0, 0.1) is 22.7 Å². The molecule has 0 amide bonds. The summed E-state index contributed by atoms with van der Waals surface area (Å²) in [5.74, 6) is 0.546. The first-order valence-corrected chi connectivity index (χ1v) is 10.6. The van der Waals surface area contributed by atoms with Gasteiger partial charge in [0.1, 0.15) is 12.2 Å². The quantitative estimate of drug-likeness (QED) is 0.580. The summed E-state index contributed by atoms with van der Waals surface area (Å²) >= 11 is 6.67. The Morgan fingerprint density at radius 2 is 2.15 bits per heavy atom. The number of esters is 1. The highest BCUT2D eigenvalue weighted by atomic mass is 35.5. The van der Waals surface area contributed by atoms with E-state index in [1.807, 2.05) is 0 Å². The van der Waals surface area contributed by atoms with Crippen molar-refractivity contribution in [2.45, 2.75) is 69.6 Å². The number of ether oxygens (including phenoxy) is 3. The van der Waals surface area contributed by atoms with Gasteiger partial charge in [-0.15, -0.1) is 11.6 Å². The highest BCUT2D eigenvalue weighted by Crippen LogP contribution is 2.68. The molecule has 3 fully saturated rings. The number of methoxy groups -OCH3 is 1. The highest BCUT2D eigenvalue weighted by Gasteiger charge is 2.73. The number of rotatable bonds is 4. The second kappa shape index (κ2) is 6.72. The Hall–Kier alpha value is -0.620. The lowest BCUT2D eigenvalue weighted by atomic mass is 9.43. The first-order valence-electron chi connectivity index (χ1n) is 10.1. The standard InChI is InChI=1S/C21H31ClO5/c1-13-6-9-20-15(19(13,2)8-7-14-10-17(23)26-11-14)4-5-16(22)21(20,24)12-27-18(20)25-3/h10,13,15-16,18,24H,4-9,11-12H2,1-3H3. The third-order valence-electron chi connectivity index (χ3n) is 8.36. The minimum Gasteiger partial charge on any atom is -0.458 e. The van der Waals surface area contributed by atoms with Crippen LogP contribution in [0.1, 0.15) is 52.4 Å². The number of alkyl halides is 1. The number of hydrogen-bond donors (Lipinski definition) is 1. The molecule has 7 unspecified atom stereocenters. The fourth-order valence-electron chi connectivity index (χ4n) is 6.59. The maximum absolute atomic E-state index is 11.7. The molecule has 0 radical (unpaired) electrons. The molecule has 2 heterocycles. The van der Waals surface area contributed by atoms with E-state index in [1.54, 1.807) is 13.2 Å². The summed E-state index contributed by atoms with van der Waals surface area (Å²) in [4.78, 5) is 11.4. The van der Waals surface area contributed by atoms with Gasteiger partial charge in [0.15, 0.2) is 6.29 Å². The van der Waals surface area contributed by atoms with E-state index in [-0.39, 0.29) is 29.3 Å².